The van der Waals surface area contributed by atoms with Crippen molar-refractivity contribution in [2.24, 2.45) is 5.92 Å². The highest BCUT2D eigenvalue weighted by Gasteiger charge is 2.41. The molecule has 2 aromatic rings. The predicted octanol–water partition coefficient (Wildman–Crippen LogP) is 5.16. The van der Waals surface area contributed by atoms with E-state index >= 15 is 0 Å². The van der Waals surface area contributed by atoms with Crippen LogP contribution in [0.25, 0.3) is 0 Å². The number of ether oxygens (including phenoxy) is 1. The van der Waals surface area contributed by atoms with Gasteiger partial charge in [0.2, 0.25) is 0 Å². The molecule has 8 heteroatoms. The predicted molar refractivity (Wildman–Crippen MR) is 111 cm³/mol. The summed E-state index contributed by atoms with van der Waals surface area (Å²) in [5, 5.41) is 6.13. The second-order valence-corrected chi connectivity index (χ2v) is 7.86. The Hall–Kier alpha value is -2.90. The summed E-state index contributed by atoms with van der Waals surface area (Å²) in [6, 6.07) is 9.40. The minimum atomic E-state index is -4.10. The first-order valence-corrected chi connectivity index (χ1v) is 9.98. The molecule has 2 N–H and O–H groups in total. The lowest BCUT2D eigenvalue weighted by Gasteiger charge is -2.35. The third-order valence-corrected chi connectivity index (χ3v) is 5.95. The van der Waals surface area contributed by atoms with Gasteiger partial charge in [-0.05, 0) is 62.1 Å². The Bertz CT molecular complexity index is 967. The van der Waals surface area contributed by atoms with Crippen LogP contribution in [-0.4, -0.2) is 31.8 Å². The molecule has 0 spiro atoms. The maximum Gasteiger partial charge on any atom is 0.391 e. The summed E-state index contributed by atoms with van der Waals surface area (Å²) in [5.74, 6) is -0.769. The number of hydrogen-bond donors (Lipinski definition) is 2. The molecule has 1 fully saturated rings. The van der Waals surface area contributed by atoms with Crippen LogP contribution in [0.2, 0.25) is 0 Å². The van der Waals surface area contributed by atoms with Crippen LogP contribution < -0.4 is 20.3 Å². The molecule has 2 aliphatic rings. The largest absolute Gasteiger partial charge is 0.482 e. The van der Waals surface area contributed by atoms with Gasteiger partial charge in [0, 0.05) is 36.2 Å². The number of benzene rings is 2. The van der Waals surface area contributed by atoms with Gasteiger partial charge < -0.3 is 20.3 Å². The van der Waals surface area contributed by atoms with Crippen LogP contribution in [0.3, 0.4) is 0 Å². The van der Waals surface area contributed by atoms with Crippen molar-refractivity contribution in [1.29, 1.82) is 0 Å². The van der Waals surface area contributed by atoms with E-state index in [0.717, 1.165) is 28.2 Å². The molecule has 0 aliphatic carbocycles. The van der Waals surface area contributed by atoms with E-state index in [2.05, 4.69) is 10.6 Å². The fourth-order valence-corrected chi connectivity index (χ4v) is 4.04. The van der Waals surface area contributed by atoms with Crippen molar-refractivity contribution in [2.45, 2.75) is 32.9 Å². The molecule has 2 heterocycles. The van der Waals surface area contributed by atoms with Crippen molar-refractivity contribution in [3.8, 4) is 5.75 Å². The molecule has 0 aromatic heterocycles. The molecule has 0 saturated carbocycles. The Morgan fingerprint density at radius 2 is 1.83 bits per heavy atom. The standard InChI is InChI=1S/C22H24F3N3O2/c1-13-14(2)19(28-9-7-15(8-10-28)22(23,24)25)6-5-17(13)26-16-3-4-18-20(11-16)30-12-21(29)27-18/h3-6,11,15,26H,7-10,12H2,1-2H3,(H,27,29). The zero-order valence-electron chi connectivity index (χ0n) is 16.9. The fraction of sp³-hybridized carbons (Fsp3) is 0.409. The third-order valence-electron chi connectivity index (χ3n) is 5.95. The first kappa shape index (κ1) is 20.4. The van der Waals surface area contributed by atoms with E-state index in [4.69, 9.17) is 4.74 Å². The number of fused-ring (bicyclic) bond motifs is 1. The van der Waals surface area contributed by atoms with Gasteiger partial charge in [0.25, 0.3) is 5.91 Å². The lowest BCUT2D eigenvalue weighted by atomic mass is 9.95. The van der Waals surface area contributed by atoms with Crippen molar-refractivity contribution in [3.05, 3.63) is 41.5 Å². The number of hydrogen-bond acceptors (Lipinski definition) is 4. The highest BCUT2D eigenvalue weighted by molar-refractivity contribution is 5.95. The fourth-order valence-electron chi connectivity index (χ4n) is 4.04. The Morgan fingerprint density at radius 1 is 1.10 bits per heavy atom. The molecule has 1 amide bonds. The number of halogens is 3. The number of rotatable bonds is 3. The quantitative estimate of drug-likeness (QED) is 0.722. The summed E-state index contributed by atoms with van der Waals surface area (Å²) < 4.78 is 44.3. The Labute approximate surface area is 173 Å². The Kier molecular flexibility index (Phi) is 5.26. The summed E-state index contributed by atoms with van der Waals surface area (Å²) >= 11 is 0. The van der Waals surface area contributed by atoms with Gasteiger partial charge in [0.1, 0.15) is 5.75 Å². The lowest BCUT2D eigenvalue weighted by molar-refractivity contribution is -0.179. The van der Waals surface area contributed by atoms with Crippen molar-refractivity contribution < 1.29 is 22.7 Å². The van der Waals surface area contributed by atoms with Crippen molar-refractivity contribution in [1.82, 2.24) is 0 Å². The topological polar surface area (TPSA) is 53.6 Å². The van der Waals surface area contributed by atoms with Crippen LogP contribution in [0.1, 0.15) is 24.0 Å². The van der Waals surface area contributed by atoms with Gasteiger partial charge in [-0.25, -0.2) is 0 Å². The summed E-state index contributed by atoms with van der Waals surface area (Å²) in [4.78, 5) is 13.4. The molecular weight excluding hydrogens is 395 g/mol. The van der Waals surface area contributed by atoms with Gasteiger partial charge in [-0.2, -0.15) is 13.2 Å². The Morgan fingerprint density at radius 3 is 2.53 bits per heavy atom. The van der Waals surface area contributed by atoms with Crippen LogP contribution >= 0.6 is 0 Å². The molecule has 1 saturated heterocycles. The van der Waals surface area contributed by atoms with E-state index in [9.17, 15) is 18.0 Å². The Balaban J connectivity index is 1.49. The van der Waals surface area contributed by atoms with E-state index in [-0.39, 0.29) is 25.4 Å². The maximum atomic E-state index is 12.9. The number of amides is 1. The van der Waals surface area contributed by atoms with Crippen molar-refractivity contribution in [3.63, 3.8) is 0 Å². The van der Waals surface area contributed by atoms with Crippen molar-refractivity contribution >= 4 is 28.7 Å². The number of nitrogens with zero attached hydrogens (tertiary/aromatic N) is 1. The zero-order chi connectivity index (χ0) is 21.5. The van der Waals surface area contributed by atoms with E-state index < -0.39 is 12.1 Å². The molecule has 0 bridgehead atoms. The minimum absolute atomic E-state index is 0.00564. The second-order valence-electron chi connectivity index (χ2n) is 7.86. The molecule has 2 aromatic carbocycles. The first-order chi connectivity index (χ1) is 14.2. The van der Waals surface area contributed by atoms with Gasteiger partial charge in [0.05, 0.1) is 11.6 Å². The van der Waals surface area contributed by atoms with Gasteiger partial charge in [0.15, 0.2) is 6.61 Å². The summed E-state index contributed by atoms with van der Waals surface area (Å²) in [6.07, 6.45) is -3.84. The van der Waals surface area contributed by atoms with Gasteiger partial charge in [-0.15, -0.1) is 0 Å². The summed E-state index contributed by atoms with van der Waals surface area (Å²) in [5.41, 5.74) is 5.45. The van der Waals surface area contributed by atoms with E-state index in [1.165, 1.54) is 0 Å². The maximum absolute atomic E-state index is 12.9. The number of anilines is 4. The van der Waals surface area contributed by atoms with Crippen molar-refractivity contribution in [2.75, 3.05) is 35.2 Å². The monoisotopic (exact) mass is 419 g/mol. The summed E-state index contributed by atoms with van der Waals surface area (Å²) in [7, 11) is 0. The van der Waals surface area contributed by atoms with Gasteiger partial charge in [-0.1, -0.05) is 0 Å². The smallest absolute Gasteiger partial charge is 0.391 e. The van der Waals surface area contributed by atoms with Crippen LogP contribution in [0, 0.1) is 19.8 Å². The molecular formula is C22H24F3N3O2. The van der Waals surface area contributed by atoms with Crippen LogP contribution in [0.5, 0.6) is 5.75 Å². The number of nitrogens with one attached hydrogen (secondary N) is 2. The molecule has 0 radical (unpaired) electrons. The lowest BCUT2D eigenvalue weighted by Crippen LogP contribution is -2.39. The van der Waals surface area contributed by atoms with E-state index in [0.29, 0.717) is 24.5 Å². The number of piperidine rings is 1. The zero-order valence-corrected chi connectivity index (χ0v) is 16.9. The number of carbonyl (C=O) groups is 1. The van der Waals surface area contributed by atoms with Crippen LogP contribution in [0.15, 0.2) is 30.3 Å². The normalized spacial score (nSPS) is 17.2. The highest BCUT2D eigenvalue weighted by atomic mass is 19.4. The van der Waals surface area contributed by atoms with Gasteiger partial charge in [-0.3, -0.25) is 4.79 Å². The average Bonchev–Trinajstić information content (AvgIpc) is 2.71. The van der Waals surface area contributed by atoms with Gasteiger partial charge >= 0.3 is 6.18 Å². The molecule has 160 valence electrons. The molecule has 0 atom stereocenters. The summed E-state index contributed by atoms with van der Waals surface area (Å²) in [6.45, 7) is 4.81. The number of alkyl halides is 3. The minimum Gasteiger partial charge on any atom is -0.482 e. The van der Waals surface area contributed by atoms with E-state index in [1.807, 2.05) is 43.0 Å². The number of carbonyl (C=O) groups excluding carboxylic acids is 1. The molecule has 2 aliphatic heterocycles. The molecule has 5 nitrogen and oxygen atoms in total. The SMILES string of the molecule is Cc1c(Nc2ccc3c(c2)OCC(=O)N3)ccc(N2CCC(C(F)(F)F)CC2)c1C. The van der Waals surface area contributed by atoms with Crippen LogP contribution in [0.4, 0.5) is 35.9 Å². The first-order valence-electron chi connectivity index (χ1n) is 9.98. The molecule has 4 rings (SSSR count). The molecule has 30 heavy (non-hydrogen) atoms. The van der Waals surface area contributed by atoms with E-state index in [1.54, 1.807) is 6.07 Å². The average molecular weight is 419 g/mol. The van der Waals surface area contributed by atoms with Crippen LogP contribution in [-0.2, 0) is 4.79 Å². The second kappa shape index (κ2) is 7.74. The molecule has 0 unspecified atom stereocenters. The third kappa shape index (κ3) is 4.04. The highest BCUT2D eigenvalue weighted by Crippen LogP contribution is 2.38.